The van der Waals surface area contributed by atoms with Gasteiger partial charge in [-0.15, -0.1) is 0 Å². The van der Waals surface area contributed by atoms with Crippen LogP contribution in [0.25, 0.3) is 0 Å². The average Bonchev–Trinajstić information content (AvgIpc) is 3.00. The second-order valence-electron chi connectivity index (χ2n) is 11.9. The van der Waals surface area contributed by atoms with E-state index in [1.54, 1.807) is 0 Å². The Labute approximate surface area is 274 Å². The molecule has 0 amide bonds. The molecule has 0 atom stereocenters. The van der Waals surface area contributed by atoms with Crippen LogP contribution in [-0.4, -0.2) is 6.11 Å². The molecule has 49 heavy (non-hydrogen) atoms. The molecule has 0 spiro atoms. The fraction of sp³-hybridized carbons (Fsp3) is 0.471. The molecule has 0 saturated heterocycles. The first-order valence-electron chi connectivity index (χ1n) is 15.6. The average molecular weight is 717 g/mol. The third-order valence-electron chi connectivity index (χ3n) is 8.31. The maximum absolute atomic E-state index is 14.9. The lowest BCUT2D eigenvalue weighted by atomic mass is 9.79. The van der Waals surface area contributed by atoms with Gasteiger partial charge in [-0.25, -0.2) is 26.3 Å². The number of halogens is 12. The molecule has 0 unspecified atom stereocenters. The third-order valence-corrected chi connectivity index (χ3v) is 8.31. The summed E-state index contributed by atoms with van der Waals surface area (Å²) in [7, 11) is 0. The van der Waals surface area contributed by atoms with Crippen molar-refractivity contribution in [2.45, 2.75) is 89.5 Å². The molecule has 270 valence electrons. The number of hydrogen-bond donors (Lipinski definition) is 0. The Morgan fingerprint density at radius 2 is 1.16 bits per heavy atom. The number of unbranched alkanes of at least 4 members (excludes halogenated alkanes) is 4. The van der Waals surface area contributed by atoms with Crippen LogP contribution in [0.3, 0.4) is 0 Å². The summed E-state index contributed by atoms with van der Waals surface area (Å²) >= 11 is 0. The predicted octanol–water partition coefficient (Wildman–Crippen LogP) is 11.9. The first-order valence-corrected chi connectivity index (χ1v) is 15.6. The van der Waals surface area contributed by atoms with Crippen LogP contribution in [-0.2, 0) is 12.2 Å². The van der Waals surface area contributed by atoms with Gasteiger partial charge in [-0.3, -0.25) is 0 Å². The molecule has 3 aromatic rings. The van der Waals surface area contributed by atoms with E-state index in [4.69, 9.17) is 4.74 Å². The smallest absolute Gasteiger partial charge is 0.432 e. The van der Waals surface area contributed by atoms with Gasteiger partial charge in [-0.1, -0.05) is 45.4 Å². The van der Waals surface area contributed by atoms with Crippen LogP contribution < -0.4 is 14.2 Å². The van der Waals surface area contributed by atoms with E-state index in [1.165, 1.54) is 0 Å². The zero-order valence-electron chi connectivity index (χ0n) is 26.0. The summed E-state index contributed by atoms with van der Waals surface area (Å²) in [6.07, 6.45) is -5.56. The lowest BCUT2D eigenvalue weighted by molar-refractivity contribution is -0.223. The van der Waals surface area contributed by atoms with Crippen molar-refractivity contribution in [3.05, 3.63) is 88.5 Å². The normalized spacial score (nSPS) is 17.2. The van der Waals surface area contributed by atoms with Crippen LogP contribution in [0, 0.1) is 46.7 Å². The molecule has 1 fully saturated rings. The fourth-order valence-corrected chi connectivity index (χ4v) is 5.70. The number of rotatable bonds is 15. The van der Waals surface area contributed by atoms with E-state index in [1.807, 2.05) is 0 Å². The molecule has 0 N–H and O–H groups in total. The number of hydrogen-bond acceptors (Lipinski definition) is 3. The van der Waals surface area contributed by atoms with E-state index >= 15 is 0 Å². The lowest BCUT2D eigenvalue weighted by Crippen LogP contribution is -2.37. The molecule has 0 heterocycles. The van der Waals surface area contributed by atoms with E-state index in [0.717, 1.165) is 38.5 Å². The van der Waals surface area contributed by atoms with Crippen molar-refractivity contribution < 1.29 is 66.9 Å². The Bertz CT molecular complexity index is 1540. The largest absolute Gasteiger partial charge is 0.432 e. The van der Waals surface area contributed by atoms with Crippen molar-refractivity contribution in [2.24, 2.45) is 11.8 Å². The highest BCUT2D eigenvalue weighted by Crippen LogP contribution is 2.43. The molecule has 4 rings (SSSR count). The third kappa shape index (κ3) is 9.47. The highest BCUT2D eigenvalue weighted by Gasteiger charge is 2.46. The van der Waals surface area contributed by atoms with E-state index in [2.05, 4.69) is 16.4 Å². The first-order chi connectivity index (χ1) is 22.9. The lowest BCUT2D eigenvalue weighted by Gasteiger charge is -2.33. The van der Waals surface area contributed by atoms with Crippen LogP contribution in [0.2, 0.25) is 0 Å². The van der Waals surface area contributed by atoms with Crippen LogP contribution in [0.4, 0.5) is 52.7 Å². The fourth-order valence-electron chi connectivity index (χ4n) is 5.70. The standard InChI is InChI=1S/C34H32F12O3/c1-2-3-4-5-6-7-19-8-10-20(11-9-19)32(41,42)47-22-12-13-29(24(35)16-22)49-33(43,44)21-14-25(36)30(26(37)15-21)34(45,46)48-23-17-27(38)31(40)28(39)18-23/h12-20H,2-11H2,1H3. The SMILES string of the molecule is CCCCCCCC1CCC(C(F)(F)Oc2ccc(OC(F)(F)c3cc(F)c(C(F)(F)Oc4cc(F)c(F)c(F)c4)c(F)c3)c(F)c2)CC1. The van der Waals surface area contributed by atoms with Gasteiger partial charge in [0.05, 0.1) is 11.5 Å². The van der Waals surface area contributed by atoms with E-state index in [-0.39, 0.29) is 37.1 Å². The Morgan fingerprint density at radius 3 is 1.73 bits per heavy atom. The summed E-state index contributed by atoms with van der Waals surface area (Å²) in [5.41, 5.74) is -3.98. The molecule has 0 aromatic heterocycles. The van der Waals surface area contributed by atoms with Crippen molar-refractivity contribution in [1.29, 1.82) is 0 Å². The molecular weight excluding hydrogens is 684 g/mol. The van der Waals surface area contributed by atoms with Gasteiger partial charge in [0.15, 0.2) is 29.0 Å². The van der Waals surface area contributed by atoms with Gasteiger partial charge < -0.3 is 14.2 Å². The van der Waals surface area contributed by atoms with Crippen LogP contribution in [0.5, 0.6) is 17.2 Å². The molecule has 15 heteroatoms. The molecule has 1 aliphatic rings. The van der Waals surface area contributed by atoms with Gasteiger partial charge in [0.1, 0.15) is 28.7 Å². The molecule has 1 aliphatic carbocycles. The topological polar surface area (TPSA) is 27.7 Å². The van der Waals surface area contributed by atoms with Gasteiger partial charge in [0.25, 0.3) is 0 Å². The van der Waals surface area contributed by atoms with Gasteiger partial charge in [0, 0.05) is 18.2 Å². The predicted molar refractivity (Wildman–Crippen MR) is 153 cm³/mol. The summed E-state index contributed by atoms with van der Waals surface area (Å²) in [6, 6.07) is 0.891. The maximum atomic E-state index is 14.9. The first kappa shape index (κ1) is 38.0. The molecule has 3 aromatic carbocycles. The van der Waals surface area contributed by atoms with Crippen LogP contribution >= 0.6 is 0 Å². The van der Waals surface area contributed by atoms with E-state index in [9.17, 15) is 52.7 Å². The Kier molecular flexibility index (Phi) is 12.0. The van der Waals surface area contributed by atoms with E-state index < -0.39 is 87.5 Å². The van der Waals surface area contributed by atoms with Crippen molar-refractivity contribution in [1.82, 2.24) is 0 Å². The van der Waals surface area contributed by atoms with Gasteiger partial charge in [-0.05, 0) is 55.9 Å². The van der Waals surface area contributed by atoms with Crippen molar-refractivity contribution in [2.75, 3.05) is 0 Å². The Balaban J connectivity index is 1.40. The monoisotopic (exact) mass is 716 g/mol. The summed E-state index contributed by atoms with van der Waals surface area (Å²) < 4.78 is 185. The van der Waals surface area contributed by atoms with Crippen LogP contribution in [0.1, 0.15) is 82.3 Å². The maximum Gasteiger partial charge on any atom is 0.432 e. The molecule has 0 bridgehead atoms. The zero-order valence-corrected chi connectivity index (χ0v) is 26.0. The van der Waals surface area contributed by atoms with Gasteiger partial charge in [-0.2, -0.15) is 26.3 Å². The minimum Gasteiger partial charge on any atom is -0.432 e. The molecule has 3 nitrogen and oxygen atoms in total. The summed E-state index contributed by atoms with van der Waals surface area (Å²) in [5.74, 6) is -16.5. The minimum atomic E-state index is -5.06. The summed E-state index contributed by atoms with van der Waals surface area (Å²) in [6.45, 7) is 2.11. The van der Waals surface area contributed by atoms with Crippen molar-refractivity contribution >= 4 is 0 Å². The zero-order chi connectivity index (χ0) is 36.1. The highest BCUT2D eigenvalue weighted by atomic mass is 19.3. The number of alkyl halides is 6. The Hall–Kier alpha value is -3.78. The number of ether oxygens (including phenoxy) is 3. The minimum absolute atomic E-state index is 0.0491. The second kappa shape index (κ2) is 15.4. The Morgan fingerprint density at radius 1 is 0.592 bits per heavy atom. The van der Waals surface area contributed by atoms with Crippen LogP contribution in [0.15, 0.2) is 42.5 Å². The van der Waals surface area contributed by atoms with Crippen molar-refractivity contribution in [3.63, 3.8) is 0 Å². The molecular formula is C34H32F12O3. The highest BCUT2D eigenvalue weighted by molar-refractivity contribution is 5.36. The summed E-state index contributed by atoms with van der Waals surface area (Å²) in [4.78, 5) is 0. The van der Waals surface area contributed by atoms with Gasteiger partial charge >= 0.3 is 18.3 Å². The van der Waals surface area contributed by atoms with Gasteiger partial charge in [0.2, 0.25) is 0 Å². The second-order valence-corrected chi connectivity index (χ2v) is 11.9. The molecule has 0 aliphatic heterocycles. The molecule has 0 radical (unpaired) electrons. The number of benzene rings is 3. The quantitative estimate of drug-likeness (QED) is 0.0890. The van der Waals surface area contributed by atoms with E-state index in [0.29, 0.717) is 37.0 Å². The summed E-state index contributed by atoms with van der Waals surface area (Å²) in [5, 5.41) is 0. The molecule has 1 saturated carbocycles. The van der Waals surface area contributed by atoms with Crippen molar-refractivity contribution in [3.8, 4) is 17.2 Å².